The van der Waals surface area contributed by atoms with Crippen LogP contribution < -0.4 is 10.2 Å². The van der Waals surface area contributed by atoms with Gasteiger partial charge < -0.3 is 10.2 Å². The highest BCUT2D eigenvalue weighted by atomic mass is 32.1. The molecular formula is C16H23N5OS. The van der Waals surface area contributed by atoms with Crippen LogP contribution >= 0.6 is 11.3 Å². The maximum absolute atomic E-state index is 12.1. The van der Waals surface area contributed by atoms with E-state index in [1.165, 1.54) is 0 Å². The summed E-state index contributed by atoms with van der Waals surface area (Å²) >= 11 is 1.59. The maximum Gasteiger partial charge on any atom is 0.223 e. The van der Waals surface area contributed by atoms with Crippen LogP contribution in [0.2, 0.25) is 0 Å². The number of carbonyl (C=O) groups is 1. The van der Waals surface area contributed by atoms with Gasteiger partial charge in [-0.15, -0.1) is 10.2 Å². The van der Waals surface area contributed by atoms with Crippen molar-refractivity contribution in [3.8, 4) is 5.13 Å². The first kappa shape index (κ1) is 16.0. The number of nitrogens with one attached hydrogen (secondary N) is 1. The lowest BCUT2D eigenvalue weighted by molar-refractivity contribution is -0.125. The van der Waals surface area contributed by atoms with E-state index in [0.29, 0.717) is 0 Å². The number of unbranched alkanes of at least 4 members (excludes halogenated alkanes) is 1. The second kappa shape index (κ2) is 7.59. The highest BCUT2D eigenvalue weighted by Gasteiger charge is 2.26. The number of aromatic nitrogens is 3. The summed E-state index contributed by atoms with van der Waals surface area (Å²) in [6.07, 6.45) is 7.87. The predicted molar refractivity (Wildman–Crippen MR) is 92.1 cm³/mol. The molecule has 0 radical (unpaired) electrons. The monoisotopic (exact) mass is 333 g/mol. The standard InChI is InChI=1S/C16H23N5OS/c1-2-3-8-17-14(22)13-6-11-21(12-7-13)16-19-18-15(23-16)20-9-4-5-10-20/h4-5,9-10,13H,2-3,6-8,11-12H2,1H3,(H,17,22). The molecule has 6 nitrogen and oxygen atoms in total. The summed E-state index contributed by atoms with van der Waals surface area (Å²) in [6, 6.07) is 3.95. The summed E-state index contributed by atoms with van der Waals surface area (Å²) in [7, 11) is 0. The third-order valence-corrected chi connectivity index (χ3v) is 5.19. The largest absolute Gasteiger partial charge is 0.356 e. The topological polar surface area (TPSA) is 63.1 Å². The summed E-state index contributed by atoms with van der Waals surface area (Å²) in [4.78, 5) is 14.4. The van der Waals surface area contributed by atoms with E-state index < -0.39 is 0 Å². The van der Waals surface area contributed by atoms with Crippen LogP contribution in [0.1, 0.15) is 32.6 Å². The van der Waals surface area contributed by atoms with E-state index in [1.807, 2.05) is 29.1 Å². The molecule has 7 heteroatoms. The molecule has 2 aromatic rings. The van der Waals surface area contributed by atoms with Crippen molar-refractivity contribution in [3.05, 3.63) is 24.5 Å². The molecule has 124 valence electrons. The number of hydrogen-bond acceptors (Lipinski definition) is 5. The Labute approximate surface area is 140 Å². The lowest BCUT2D eigenvalue weighted by atomic mass is 9.96. The average molecular weight is 333 g/mol. The van der Waals surface area contributed by atoms with E-state index in [0.717, 1.165) is 55.6 Å². The van der Waals surface area contributed by atoms with Crippen LogP contribution in [0.15, 0.2) is 24.5 Å². The van der Waals surface area contributed by atoms with E-state index in [9.17, 15) is 4.79 Å². The molecule has 0 aromatic carbocycles. The van der Waals surface area contributed by atoms with E-state index in [2.05, 4.69) is 27.3 Å². The number of amides is 1. The smallest absolute Gasteiger partial charge is 0.223 e. The lowest BCUT2D eigenvalue weighted by Gasteiger charge is -2.30. The van der Waals surface area contributed by atoms with Crippen molar-refractivity contribution in [2.24, 2.45) is 5.92 Å². The van der Waals surface area contributed by atoms with Gasteiger partial charge in [-0.05, 0) is 31.4 Å². The molecule has 1 aliphatic heterocycles. The maximum atomic E-state index is 12.1. The van der Waals surface area contributed by atoms with Crippen LogP contribution in [-0.2, 0) is 4.79 Å². The highest BCUT2D eigenvalue weighted by Crippen LogP contribution is 2.27. The van der Waals surface area contributed by atoms with Gasteiger partial charge >= 0.3 is 0 Å². The lowest BCUT2D eigenvalue weighted by Crippen LogP contribution is -2.40. The van der Waals surface area contributed by atoms with Gasteiger partial charge in [0.1, 0.15) is 0 Å². The van der Waals surface area contributed by atoms with E-state index in [4.69, 9.17) is 0 Å². The number of anilines is 1. The van der Waals surface area contributed by atoms with Gasteiger partial charge in [-0.25, -0.2) is 0 Å². The first-order valence-corrected chi connectivity index (χ1v) is 9.09. The fourth-order valence-electron chi connectivity index (χ4n) is 2.77. The predicted octanol–water partition coefficient (Wildman–Crippen LogP) is 2.46. The van der Waals surface area contributed by atoms with E-state index in [-0.39, 0.29) is 11.8 Å². The van der Waals surface area contributed by atoms with Crippen LogP contribution in [0, 0.1) is 5.92 Å². The minimum absolute atomic E-state index is 0.139. The molecule has 2 aromatic heterocycles. The van der Waals surface area contributed by atoms with Crippen LogP contribution in [0.5, 0.6) is 0 Å². The molecule has 1 N–H and O–H groups in total. The van der Waals surface area contributed by atoms with Crippen LogP contribution in [0.25, 0.3) is 5.13 Å². The molecule has 23 heavy (non-hydrogen) atoms. The zero-order valence-corrected chi connectivity index (χ0v) is 14.3. The molecular weight excluding hydrogens is 310 g/mol. The Morgan fingerprint density at radius 3 is 2.65 bits per heavy atom. The first-order valence-electron chi connectivity index (χ1n) is 8.27. The van der Waals surface area contributed by atoms with E-state index in [1.54, 1.807) is 11.3 Å². The molecule has 1 fully saturated rings. The van der Waals surface area contributed by atoms with Crippen molar-refractivity contribution >= 4 is 22.4 Å². The Hall–Kier alpha value is -1.89. The molecule has 1 aliphatic rings. The Balaban J connectivity index is 1.52. The van der Waals surface area contributed by atoms with Gasteiger partial charge in [0.15, 0.2) is 0 Å². The summed E-state index contributed by atoms with van der Waals surface area (Å²) in [6.45, 7) is 4.67. The number of rotatable bonds is 6. The van der Waals surface area contributed by atoms with Crippen molar-refractivity contribution in [3.63, 3.8) is 0 Å². The Bertz CT molecular complexity index is 616. The highest BCUT2D eigenvalue weighted by molar-refractivity contribution is 7.17. The van der Waals surface area contributed by atoms with E-state index >= 15 is 0 Å². The average Bonchev–Trinajstić information content (AvgIpc) is 3.26. The summed E-state index contributed by atoms with van der Waals surface area (Å²) in [5, 5.41) is 13.4. The van der Waals surface area contributed by atoms with Crippen molar-refractivity contribution < 1.29 is 4.79 Å². The zero-order valence-electron chi connectivity index (χ0n) is 13.4. The molecule has 0 saturated carbocycles. The number of piperidine rings is 1. The van der Waals surface area contributed by atoms with Gasteiger partial charge in [-0.2, -0.15) is 0 Å². The SMILES string of the molecule is CCCCNC(=O)C1CCN(c2nnc(-n3cccc3)s2)CC1. The van der Waals surface area contributed by atoms with Crippen LogP contribution in [0.3, 0.4) is 0 Å². The van der Waals surface area contributed by atoms with Crippen molar-refractivity contribution in [1.82, 2.24) is 20.1 Å². The Kier molecular flexibility index (Phi) is 5.27. The van der Waals surface area contributed by atoms with Crippen molar-refractivity contribution in [2.45, 2.75) is 32.6 Å². The second-order valence-electron chi connectivity index (χ2n) is 5.86. The van der Waals surface area contributed by atoms with Gasteiger partial charge in [-0.1, -0.05) is 24.7 Å². The Morgan fingerprint density at radius 1 is 1.26 bits per heavy atom. The zero-order chi connectivity index (χ0) is 16.1. The first-order chi connectivity index (χ1) is 11.3. The van der Waals surface area contributed by atoms with Gasteiger partial charge in [0.25, 0.3) is 0 Å². The minimum atomic E-state index is 0.139. The minimum Gasteiger partial charge on any atom is -0.356 e. The molecule has 3 rings (SSSR count). The summed E-state index contributed by atoms with van der Waals surface area (Å²) < 4.78 is 1.97. The third kappa shape index (κ3) is 3.90. The van der Waals surface area contributed by atoms with Crippen molar-refractivity contribution in [2.75, 3.05) is 24.5 Å². The van der Waals surface area contributed by atoms with Gasteiger partial charge in [-0.3, -0.25) is 9.36 Å². The van der Waals surface area contributed by atoms with Gasteiger partial charge in [0.2, 0.25) is 16.2 Å². The molecule has 0 atom stereocenters. The molecule has 0 spiro atoms. The van der Waals surface area contributed by atoms with Gasteiger partial charge in [0.05, 0.1) is 0 Å². The van der Waals surface area contributed by atoms with Crippen molar-refractivity contribution in [1.29, 1.82) is 0 Å². The van der Waals surface area contributed by atoms with Crippen LogP contribution in [0.4, 0.5) is 5.13 Å². The molecule has 3 heterocycles. The second-order valence-corrected chi connectivity index (χ2v) is 6.80. The third-order valence-electron chi connectivity index (χ3n) is 4.19. The molecule has 0 unspecified atom stereocenters. The molecule has 1 amide bonds. The van der Waals surface area contributed by atoms with Crippen LogP contribution in [-0.4, -0.2) is 40.3 Å². The van der Waals surface area contributed by atoms with Gasteiger partial charge in [0, 0.05) is 37.9 Å². The fraction of sp³-hybridized carbons (Fsp3) is 0.562. The molecule has 0 bridgehead atoms. The Morgan fingerprint density at radius 2 is 1.96 bits per heavy atom. The summed E-state index contributed by atoms with van der Waals surface area (Å²) in [5.74, 6) is 0.350. The number of hydrogen-bond donors (Lipinski definition) is 1. The normalized spacial score (nSPS) is 15.8. The summed E-state index contributed by atoms with van der Waals surface area (Å²) in [5.41, 5.74) is 0. The number of nitrogens with zero attached hydrogens (tertiary/aromatic N) is 4. The molecule has 1 saturated heterocycles. The quantitative estimate of drug-likeness (QED) is 0.825. The number of carbonyl (C=O) groups excluding carboxylic acids is 1. The fourth-order valence-corrected chi connectivity index (χ4v) is 3.63. The molecule has 0 aliphatic carbocycles.